The third-order valence-electron chi connectivity index (χ3n) is 2.18. The Hall–Kier alpha value is -1.45. The van der Waals surface area contributed by atoms with Crippen LogP contribution in [0.25, 0.3) is 0 Å². The zero-order chi connectivity index (χ0) is 12.7. The van der Waals surface area contributed by atoms with E-state index in [4.69, 9.17) is 5.26 Å². The molecular formula is C11H15N3O2S. The molecule has 0 bridgehead atoms. The summed E-state index contributed by atoms with van der Waals surface area (Å²) in [5, 5.41) is 11.9. The second-order valence-electron chi connectivity index (χ2n) is 3.78. The number of hydrogen-bond donors (Lipinski definition) is 1. The lowest BCUT2D eigenvalue weighted by molar-refractivity contribution is 0.594. The Balaban J connectivity index is 2.34. The normalized spacial score (nSPS) is 11.1. The second-order valence-corrected chi connectivity index (χ2v) is 6.04. The average molecular weight is 253 g/mol. The fraction of sp³-hybridized carbons (Fsp3) is 0.455. The third kappa shape index (κ3) is 5.43. The van der Waals surface area contributed by atoms with E-state index in [1.165, 1.54) is 6.26 Å². The molecule has 0 aromatic carbocycles. The van der Waals surface area contributed by atoms with Crippen molar-refractivity contribution in [2.45, 2.75) is 13.0 Å². The van der Waals surface area contributed by atoms with Crippen LogP contribution in [-0.2, 0) is 16.4 Å². The van der Waals surface area contributed by atoms with Crippen LogP contribution in [-0.4, -0.2) is 32.0 Å². The van der Waals surface area contributed by atoms with Crippen LogP contribution >= 0.6 is 0 Å². The molecule has 0 unspecified atom stereocenters. The summed E-state index contributed by atoms with van der Waals surface area (Å²) in [7, 11) is -2.89. The highest BCUT2D eigenvalue weighted by Crippen LogP contribution is 2.02. The number of nitrogens with zero attached hydrogens (tertiary/aromatic N) is 2. The van der Waals surface area contributed by atoms with Crippen molar-refractivity contribution in [2.75, 3.05) is 18.6 Å². The maximum Gasteiger partial charge on any atom is 0.147 e. The molecule has 0 amide bonds. The van der Waals surface area contributed by atoms with Crippen molar-refractivity contribution < 1.29 is 8.42 Å². The summed E-state index contributed by atoms with van der Waals surface area (Å²) < 4.78 is 21.8. The first-order valence-corrected chi connectivity index (χ1v) is 7.31. The zero-order valence-electron chi connectivity index (χ0n) is 9.68. The van der Waals surface area contributed by atoms with Gasteiger partial charge in [0.05, 0.1) is 5.75 Å². The van der Waals surface area contributed by atoms with E-state index in [0.29, 0.717) is 25.2 Å². The predicted molar refractivity (Wildman–Crippen MR) is 65.0 cm³/mol. The van der Waals surface area contributed by atoms with Gasteiger partial charge in [0.15, 0.2) is 0 Å². The van der Waals surface area contributed by atoms with Crippen LogP contribution in [0.2, 0.25) is 0 Å². The smallest absolute Gasteiger partial charge is 0.147 e. The molecule has 1 N–H and O–H groups in total. The van der Waals surface area contributed by atoms with Gasteiger partial charge in [-0.15, -0.1) is 0 Å². The van der Waals surface area contributed by atoms with E-state index in [1.807, 2.05) is 12.1 Å². The Morgan fingerprint density at radius 2 is 2.29 bits per heavy atom. The van der Waals surface area contributed by atoms with Crippen molar-refractivity contribution in [3.8, 4) is 6.07 Å². The van der Waals surface area contributed by atoms with Crippen molar-refractivity contribution in [2.24, 2.45) is 0 Å². The van der Waals surface area contributed by atoms with Gasteiger partial charge in [-0.3, -0.25) is 0 Å². The van der Waals surface area contributed by atoms with Gasteiger partial charge in [0.1, 0.15) is 21.6 Å². The largest absolute Gasteiger partial charge is 0.313 e. The van der Waals surface area contributed by atoms with Crippen LogP contribution in [0.1, 0.15) is 17.7 Å². The van der Waals surface area contributed by atoms with Gasteiger partial charge in [-0.05, 0) is 19.0 Å². The van der Waals surface area contributed by atoms with Gasteiger partial charge in [0, 0.05) is 24.6 Å². The molecule has 1 rings (SSSR count). The fourth-order valence-corrected chi connectivity index (χ4v) is 2.03. The molecule has 92 valence electrons. The van der Waals surface area contributed by atoms with Crippen LogP contribution < -0.4 is 5.32 Å². The van der Waals surface area contributed by atoms with Crippen LogP contribution in [0.4, 0.5) is 0 Å². The molecule has 17 heavy (non-hydrogen) atoms. The highest BCUT2D eigenvalue weighted by atomic mass is 32.2. The highest BCUT2D eigenvalue weighted by molar-refractivity contribution is 7.90. The summed E-state index contributed by atoms with van der Waals surface area (Å²) >= 11 is 0. The summed E-state index contributed by atoms with van der Waals surface area (Å²) in [6.45, 7) is 1.13. The van der Waals surface area contributed by atoms with Gasteiger partial charge in [0.25, 0.3) is 0 Å². The Morgan fingerprint density at radius 3 is 2.94 bits per heavy atom. The SMILES string of the molecule is CS(=O)(=O)CCCNCc1cccnc1C#N. The number of hydrogen-bond acceptors (Lipinski definition) is 5. The molecule has 0 aliphatic carbocycles. The molecule has 0 atom stereocenters. The van der Waals surface area contributed by atoms with Gasteiger partial charge < -0.3 is 5.32 Å². The summed E-state index contributed by atoms with van der Waals surface area (Å²) in [6.07, 6.45) is 3.37. The second kappa shape index (κ2) is 6.33. The predicted octanol–water partition coefficient (Wildman–Crippen LogP) is 0.478. The lowest BCUT2D eigenvalue weighted by atomic mass is 10.2. The van der Waals surface area contributed by atoms with Crippen LogP contribution in [0, 0.1) is 11.3 Å². The molecule has 0 aliphatic rings. The molecule has 5 nitrogen and oxygen atoms in total. The van der Waals surface area contributed by atoms with E-state index < -0.39 is 9.84 Å². The molecule has 0 radical (unpaired) electrons. The van der Waals surface area contributed by atoms with E-state index in [-0.39, 0.29) is 5.75 Å². The zero-order valence-corrected chi connectivity index (χ0v) is 10.5. The Labute approximate surface area is 101 Å². The molecule has 6 heteroatoms. The molecule has 0 saturated heterocycles. The Bertz CT molecular complexity index is 506. The van der Waals surface area contributed by atoms with Crippen LogP contribution in [0.15, 0.2) is 18.3 Å². The molecule has 0 fully saturated rings. The molecule has 0 aliphatic heterocycles. The summed E-state index contributed by atoms with van der Waals surface area (Å²) in [5.41, 5.74) is 1.23. The monoisotopic (exact) mass is 253 g/mol. The molecule has 0 spiro atoms. The fourth-order valence-electron chi connectivity index (χ4n) is 1.36. The van der Waals surface area contributed by atoms with Gasteiger partial charge in [-0.2, -0.15) is 5.26 Å². The first-order valence-electron chi connectivity index (χ1n) is 5.25. The first-order chi connectivity index (χ1) is 8.03. The quantitative estimate of drug-likeness (QED) is 0.745. The van der Waals surface area contributed by atoms with Crippen molar-refractivity contribution in [3.63, 3.8) is 0 Å². The van der Waals surface area contributed by atoms with E-state index >= 15 is 0 Å². The highest BCUT2D eigenvalue weighted by Gasteiger charge is 2.03. The van der Waals surface area contributed by atoms with Crippen LogP contribution in [0.3, 0.4) is 0 Å². The van der Waals surface area contributed by atoms with Crippen molar-refractivity contribution in [1.82, 2.24) is 10.3 Å². The van der Waals surface area contributed by atoms with Crippen molar-refractivity contribution in [1.29, 1.82) is 5.26 Å². The van der Waals surface area contributed by atoms with Gasteiger partial charge in [-0.25, -0.2) is 13.4 Å². The molecule has 1 aromatic heterocycles. The molecule has 1 aromatic rings. The summed E-state index contributed by atoms with van der Waals surface area (Å²) in [4.78, 5) is 3.94. The third-order valence-corrected chi connectivity index (χ3v) is 3.21. The number of nitrogens with one attached hydrogen (secondary N) is 1. The Kier molecular flexibility index (Phi) is 5.07. The number of rotatable bonds is 6. The van der Waals surface area contributed by atoms with Crippen molar-refractivity contribution >= 4 is 9.84 Å². The molecular weight excluding hydrogens is 238 g/mol. The minimum absolute atomic E-state index is 0.179. The number of aromatic nitrogens is 1. The minimum Gasteiger partial charge on any atom is -0.313 e. The van der Waals surface area contributed by atoms with E-state index in [0.717, 1.165) is 5.56 Å². The average Bonchev–Trinajstić information content (AvgIpc) is 2.27. The standard InChI is InChI=1S/C11H15N3O2S/c1-17(15,16)7-3-5-13-9-10-4-2-6-14-11(10)8-12/h2,4,6,13H,3,5,7,9H2,1H3. The maximum atomic E-state index is 10.9. The summed E-state index contributed by atoms with van der Waals surface area (Å²) in [6, 6.07) is 5.61. The van der Waals surface area contributed by atoms with E-state index in [2.05, 4.69) is 10.3 Å². The first kappa shape index (κ1) is 13.6. The molecule has 1 heterocycles. The van der Waals surface area contributed by atoms with Crippen molar-refractivity contribution in [3.05, 3.63) is 29.6 Å². The number of sulfone groups is 1. The topological polar surface area (TPSA) is 82.8 Å². The number of pyridine rings is 1. The minimum atomic E-state index is -2.89. The Morgan fingerprint density at radius 1 is 1.53 bits per heavy atom. The van der Waals surface area contributed by atoms with E-state index in [1.54, 1.807) is 12.3 Å². The summed E-state index contributed by atoms with van der Waals surface area (Å²) in [5.74, 6) is 0.179. The molecule has 0 saturated carbocycles. The van der Waals surface area contributed by atoms with E-state index in [9.17, 15) is 8.42 Å². The van der Waals surface area contributed by atoms with Gasteiger partial charge >= 0.3 is 0 Å². The lowest BCUT2D eigenvalue weighted by Gasteiger charge is -2.05. The number of nitriles is 1. The van der Waals surface area contributed by atoms with Gasteiger partial charge in [-0.1, -0.05) is 6.07 Å². The van der Waals surface area contributed by atoms with Gasteiger partial charge in [0.2, 0.25) is 0 Å². The lowest BCUT2D eigenvalue weighted by Crippen LogP contribution is -2.18. The maximum absolute atomic E-state index is 10.9. The van der Waals surface area contributed by atoms with Crippen LogP contribution in [0.5, 0.6) is 0 Å².